The Balaban J connectivity index is 2.07. The van der Waals surface area contributed by atoms with Gasteiger partial charge in [-0.1, -0.05) is 6.92 Å². The molecule has 1 saturated heterocycles. The zero-order valence-corrected chi connectivity index (χ0v) is 12.5. The lowest BCUT2D eigenvalue weighted by Crippen LogP contribution is -2.42. The molecule has 21 heavy (non-hydrogen) atoms. The first-order valence-corrected chi connectivity index (χ1v) is 7.60. The molecule has 8 heteroatoms. The minimum Gasteiger partial charge on any atom is -0.360 e. The Kier molecular flexibility index (Phi) is 3.88. The Hall–Kier alpha value is -1.95. The van der Waals surface area contributed by atoms with Crippen LogP contribution in [0, 0.1) is 11.3 Å². The SMILES string of the molecule is CCc1cc2c(N3CCOC(C#N)C3)nc(NN)nc2s1. The zero-order valence-electron chi connectivity index (χ0n) is 11.7. The second-order valence-electron chi connectivity index (χ2n) is 4.73. The molecule has 1 fully saturated rings. The molecule has 0 spiro atoms. The van der Waals surface area contributed by atoms with Gasteiger partial charge in [0.15, 0.2) is 6.10 Å². The third-order valence-corrected chi connectivity index (χ3v) is 4.58. The van der Waals surface area contributed by atoms with Gasteiger partial charge in [-0.2, -0.15) is 10.2 Å². The number of aryl methyl sites for hydroxylation is 1. The van der Waals surface area contributed by atoms with Crippen molar-refractivity contribution < 1.29 is 4.74 Å². The van der Waals surface area contributed by atoms with Gasteiger partial charge in [-0.15, -0.1) is 11.3 Å². The molecule has 1 aliphatic rings. The summed E-state index contributed by atoms with van der Waals surface area (Å²) in [6.45, 7) is 3.83. The maximum Gasteiger partial charge on any atom is 0.240 e. The van der Waals surface area contributed by atoms with E-state index >= 15 is 0 Å². The molecular weight excluding hydrogens is 288 g/mol. The topological polar surface area (TPSA) is 100 Å². The van der Waals surface area contributed by atoms with Gasteiger partial charge in [-0.3, -0.25) is 5.43 Å². The summed E-state index contributed by atoms with van der Waals surface area (Å²) in [6, 6.07) is 4.27. The van der Waals surface area contributed by atoms with Crippen LogP contribution in [0.5, 0.6) is 0 Å². The fraction of sp³-hybridized carbons (Fsp3) is 0.462. The van der Waals surface area contributed by atoms with Crippen LogP contribution in [0.15, 0.2) is 6.07 Å². The second-order valence-corrected chi connectivity index (χ2v) is 5.85. The number of aromatic nitrogens is 2. The quantitative estimate of drug-likeness (QED) is 0.650. The van der Waals surface area contributed by atoms with Crippen molar-refractivity contribution >= 4 is 33.3 Å². The van der Waals surface area contributed by atoms with Gasteiger partial charge >= 0.3 is 0 Å². The van der Waals surface area contributed by atoms with Crippen molar-refractivity contribution in [1.29, 1.82) is 5.26 Å². The number of nitrogens with two attached hydrogens (primary N) is 1. The molecule has 3 rings (SSSR count). The summed E-state index contributed by atoms with van der Waals surface area (Å²) in [5.41, 5.74) is 2.51. The standard InChI is InChI=1S/C13H16N6OS/c1-2-9-5-10-11(16-13(18-15)17-12(10)21-9)19-3-4-20-8(6-14)7-19/h5,8H,2-4,7,15H2,1H3,(H,16,17,18). The lowest BCUT2D eigenvalue weighted by molar-refractivity contribution is 0.0763. The van der Waals surface area contributed by atoms with Crippen LogP contribution in [0.3, 0.4) is 0 Å². The van der Waals surface area contributed by atoms with E-state index in [1.54, 1.807) is 11.3 Å². The molecule has 0 bridgehead atoms. The molecule has 0 aliphatic carbocycles. The molecule has 0 amide bonds. The van der Waals surface area contributed by atoms with Crippen molar-refractivity contribution in [2.45, 2.75) is 19.4 Å². The minimum absolute atomic E-state index is 0.391. The molecule has 0 radical (unpaired) electrons. The van der Waals surface area contributed by atoms with Gasteiger partial charge in [-0.25, -0.2) is 10.8 Å². The maximum absolute atomic E-state index is 9.05. The maximum atomic E-state index is 9.05. The number of nitriles is 1. The molecule has 7 nitrogen and oxygen atoms in total. The third kappa shape index (κ3) is 2.63. The van der Waals surface area contributed by atoms with Crippen LogP contribution < -0.4 is 16.2 Å². The molecule has 3 heterocycles. The fourth-order valence-corrected chi connectivity index (χ4v) is 3.32. The van der Waals surface area contributed by atoms with Crippen molar-refractivity contribution in [2.75, 3.05) is 30.0 Å². The summed E-state index contributed by atoms with van der Waals surface area (Å²) in [7, 11) is 0. The summed E-state index contributed by atoms with van der Waals surface area (Å²) < 4.78 is 5.39. The second kappa shape index (κ2) is 5.81. The Bertz CT molecular complexity index is 694. The number of hydrazine groups is 1. The van der Waals surface area contributed by atoms with Crippen LogP contribution in [0.4, 0.5) is 11.8 Å². The predicted octanol–water partition coefficient (Wildman–Crippen LogP) is 1.27. The van der Waals surface area contributed by atoms with Crippen molar-refractivity contribution in [3.05, 3.63) is 10.9 Å². The highest BCUT2D eigenvalue weighted by Crippen LogP contribution is 2.32. The molecule has 1 atom stereocenters. The number of morpholine rings is 1. The number of nitrogen functional groups attached to an aromatic ring is 1. The normalized spacial score (nSPS) is 18.7. The van der Waals surface area contributed by atoms with Crippen molar-refractivity contribution in [3.8, 4) is 6.07 Å². The summed E-state index contributed by atoms with van der Waals surface area (Å²) in [6.07, 6.45) is 0.526. The van der Waals surface area contributed by atoms with Gasteiger partial charge in [0.2, 0.25) is 5.95 Å². The van der Waals surface area contributed by atoms with Gasteiger partial charge in [0, 0.05) is 11.4 Å². The number of fused-ring (bicyclic) bond motifs is 1. The summed E-state index contributed by atoms with van der Waals surface area (Å²) in [4.78, 5) is 13.1. The van der Waals surface area contributed by atoms with Crippen LogP contribution in [-0.4, -0.2) is 35.8 Å². The average molecular weight is 304 g/mol. The Labute approximate surface area is 126 Å². The first-order chi connectivity index (χ1) is 10.2. The van der Waals surface area contributed by atoms with E-state index < -0.39 is 6.10 Å². The molecule has 110 valence electrons. The monoisotopic (exact) mass is 304 g/mol. The average Bonchev–Trinajstić information content (AvgIpc) is 2.96. The number of hydrogen-bond acceptors (Lipinski definition) is 8. The number of nitrogens with one attached hydrogen (secondary N) is 1. The van der Waals surface area contributed by atoms with Gasteiger partial charge in [0.25, 0.3) is 0 Å². The molecule has 1 aliphatic heterocycles. The largest absolute Gasteiger partial charge is 0.360 e. The highest BCUT2D eigenvalue weighted by atomic mass is 32.1. The summed E-state index contributed by atoms with van der Waals surface area (Å²) >= 11 is 1.64. The number of anilines is 2. The zero-order chi connectivity index (χ0) is 14.8. The predicted molar refractivity (Wildman–Crippen MR) is 82.2 cm³/mol. The van der Waals surface area contributed by atoms with Crippen LogP contribution in [0.25, 0.3) is 10.2 Å². The van der Waals surface area contributed by atoms with E-state index in [0.717, 1.165) is 22.5 Å². The number of rotatable bonds is 3. The van der Waals surface area contributed by atoms with Gasteiger partial charge in [0.05, 0.1) is 24.6 Å². The van der Waals surface area contributed by atoms with E-state index in [1.807, 2.05) is 0 Å². The van der Waals surface area contributed by atoms with Crippen LogP contribution in [0.2, 0.25) is 0 Å². The van der Waals surface area contributed by atoms with E-state index in [9.17, 15) is 0 Å². The van der Waals surface area contributed by atoms with Crippen molar-refractivity contribution in [2.24, 2.45) is 5.84 Å². The minimum atomic E-state index is -0.428. The van der Waals surface area contributed by atoms with Crippen molar-refractivity contribution in [1.82, 2.24) is 9.97 Å². The molecule has 3 N–H and O–H groups in total. The lowest BCUT2D eigenvalue weighted by atomic mass is 10.2. The van der Waals surface area contributed by atoms with Crippen LogP contribution in [0.1, 0.15) is 11.8 Å². The van der Waals surface area contributed by atoms with E-state index in [2.05, 4.69) is 39.4 Å². The van der Waals surface area contributed by atoms with Crippen LogP contribution in [-0.2, 0) is 11.2 Å². The third-order valence-electron chi connectivity index (χ3n) is 3.41. The Morgan fingerprint density at radius 3 is 3.19 bits per heavy atom. The Morgan fingerprint density at radius 1 is 1.62 bits per heavy atom. The molecule has 2 aromatic rings. The number of nitrogens with zero attached hydrogens (tertiary/aromatic N) is 4. The lowest BCUT2D eigenvalue weighted by Gasteiger charge is -2.31. The number of thiophene rings is 1. The smallest absolute Gasteiger partial charge is 0.240 e. The number of ether oxygens (including phenoxy) is 1. The summed E-state index contributed by atoms with van der Waals surface area (Å²) in [5, 5.41) is 10.1. The van der Waals surface area contributed by atoms with Gasteiger partial charge in [-0.05, 0) is 12.5 Å². The van der Waals surface area contributed by atoms with Crippen molar-refractivity contribution in [3.63, 3.8) is 0 Å². The molecule has 1 unspecified atom stereocenters. The highest BCUT2D eigenvalue weighted by Gasteiger charge is 2.24. The van der Waals surface area contributed by atoms with E-state index in [0.29, 0.717) is 25.6 Å². The first kappa shape index (κ1) is 14.0. The van der Waals surface area contributed by atoms with E-state index in [4.69, 9.17) is 15.8 Å². The van der Waals surface area contributed by atoms with E-state index in [-0.39, 0.29) is 0 Å². The van der Waals surface area contributed by atoms with Gasteiger partial charge in [0.1, 0.15) is 10.6 Å². The molecular formula is C13H16N6OS. The molecule has 0 saturated carbocycles. The van der Waals surface area contributed by atoms with Gasteiger partial charge < -0.3 is 9.64 Å². The fourth-order valence-electron chi connectivity index (χ4n) is 2.36. The number of hydrogen-bond donors (Lipinski definition) is 2. The Morgan fingerprint density at radius 2 is 2.48 bits per heavy atom. The first-order valence-electron chi connectivity index (χ1n) is 6.78. The molecule has 0 aromatic carbocycles. The molecule has 2 aromatic heterocycles. The summed E-state index contributed by atoms with van der Waals surface area (Å²) in [5.74, 6) is 6.67. The van der Waals surface area contributed by atoms with Crippen LogP contribution >= 0.6 is 11.3 Å². The highest BCUT2D eigenvalue weighted by molar-refractivity contribution is 7.18. The van der Waals surface area contributed by atoms with E-state index in [1.165, 1.54) is 4.88 Å².